The van der Waals surface area contributed by atoms with Crippen molar-refractivity contribution >= 4 is 18.2 Å². The van der Waals surface area contributed by atoms with Crippen molar-refractivity contribution < 1.29 is 14.4 Å². The summed E-state index contributed by atoms with van der Waals surface area (Å²) in [6, 6.07) is -1.33. The predicted octanol–water partition coefficient (Wildman–Crippen LogP) is -1.11. The number of hydrogen-bond acceptors (Lipinski definition) is 3. The Morgan fingerprint density at radius 1 is 1.47 bits per heavy atom. The molecule has 3 amide bonds. The van der Waals surface area contributed by atoms with E-state index in [9.17, 15) is 14.4 Å². The number of hydrogen-bond donors (Lipinski definition) is 3. The van der Waals surface area contributed by atoms with Gasteiger partial charge in [-0.3, -0.25) is 14.4 Å². The summed E-state index contributed by atoms with van der Waals surface area (Å²) in [6.07, 6.45) is 1.67. The number of carbonyl (C=O) groups is 3. The Labute approximate surface area is 88.6 Å². The highest BCUT2D eigenvalue weighted by Gasteiger charge is 2.20. The van der Waals surface area contributed by atoms with Crippen LogP contribution in [0, 0.1) is 0 Å². The smallest absolute Gasteiger partial charge is 0.242 e. The zero-order valence-corrected chi connectivity index (χ0v) is 8.95. The molecule has 4 N–H and O–H groups in total. The SMILES string of the molecule is CCCC(NC(=O)C(C)NC=O)C(N)=O. The second kappa shape index (κ2) is 6.80. The second-order valence-electron chi connectivity index (χ2n) is 3.26. The summed E-state index contributed by atoms with van der Waals surface area (Å²) in [5.41, 5.74) is 5.10. The molecule has 6 nitrogen and oxygen atoms in total. The molecule has 0 bridgehead atoms. The minimum atomic E-state index is -0.668. The van der Waals surface area contributed by atoms with Gasteiger partial charge in [0.1, 0.15) is 12.1 Å². The maximum Gasteiger partial charge on any atom is 0.242 e. The third-order valence-electron chi connectivity index (χ3n) is 1.95. The number of nitrogens with one attached hydrogen (secondary N) is 2. The molecule has 0 aromatic heterocycles. The van der Waals surface area contributed by atoms with Crippen LogP contribution in [0.25, 0.3) is 0 Å². The lowest BCUT2D eigenvalue weighted by molar-refractivity contribution is -0.129. The van der Waals surface area contributed by atoms with Crippen molar-refractivity contribution in [2.75, 3.05) is 0 Å². The van der Waals surface area contributed by atoms with Gasteiger partial charge in [0.05, 0.1) is 0 Å². The molecule has 0 aliphatic carbocycles. The van der Waals surface area contributed by atoms with Crippen molar-refractivity contribution in [1.82, 2.24) is 10.6 Å². The van der Waals surface area contributed by atoms with Gasteiger partial charge in [-0.1, -0.05) is 13.3 Å². The Bertz CT molecular complexity index is 243. The zero-order valence-electron chi connectivity index (χ0n) is 8.95. The first-order valence-corrected chi connectivity index (χ1v) is 4.82. The molecule has 0 radical (unpaired) electrons. The molecule has 0 aliphatic heterocycles. The quantitative estimate of drug-likeness (QED) is 0.469. The van der Waals surface area contributed by atoms with Crippen LogP contribution in [0.3, 0.4) is 0 Å². The molecule has 0 aromatic rings. The predicted molar refractivity (Wildman–Crippen MR) is 54.7 cm³/mol. The van der Waals surface area contributed by atoms with Crippen LogP contribution >= 0.6 is 0 Å². The molecule has 6 heteroatoms. The Morgan fingerprint density at radius 2 is 2.07 bits per heavy atom. The fourth-order valence-corrected chi connectivity index (χ4v) is 1.05. The van der Waals surface area contributed by atoms with Crippen molar-refractivity contribution in [1.29, 1.82) is 0 Å². The lowest BCUT2D eigenvalue weighted by Gasteiger charge is -2.17. The fraction of sp³-hybridized carbons (Fsp3) is 0.667. The number of primary amides is 1. The van der Waals surface area contributed by atoms with E-state index in [0.717, 1.165) is 6.42 Å². The van der Waals surface area contributed by atoms with E-state index >= 15 is 0 Å². The topological polar surface area (TPSA) is 101 Å². The van der Waals surface area contributed by atoms with Crippen LogP contribution in [-0.2, 0) is 14.4 Å². The molecule has 86 valence electrons. The molecule has 0 aliphatic rings. The molecular formula is C9H17N3O3. The Hall–Kier alpha value is -1.59. The lowest BCUT2D eigenvalue weighted by Crippen LogP contribution is -2.50. The van der Waals surface area contributed by atoms with Gasteiger partial charge in [-0.25, -0.2) is 0 Å². The highest BCUT2D eigenvalue weighted by molar-refractivity contribution is 5.89. The van der Waals surface area contributed by atoms with Gasteiger partial charge >= 0.3 is 0 Å². The van der Waals surface area contributed by atoms with Crippen LogP contribution in [0.5, 0.6) is 0 Å². The number of carbonyl (C=O) groups excluding carboxylic acids is 3. The van der Waals surface area contributed by atoms with Crippen LogP contribution in [0.1, 0.15) is 26.7 Å². The van der Waals surface area contributed by atoms with Gasteiger partial charge in [0.25, 0.3) is 0 Å². The molecule has 0 heterocycles. The first kappa shape index (κ1) is 13.4. The molecule has 0 saturated carbocycles. The van der Waals surface area contributed by atoms with Crippen LogP contribution in [-0.4, -0.2) is 30.3 Å². The molecule has 0 aromatic carbocycles. The van der Waals surface area contributed by atoms with Crippen LogP contribution in [0.2, 0.25) is 0 Å². The third kappa shape index (κ3) is 4.99. The van der Waals surface area contributed by atoms with E-state index in [0.29, 0.717) is 12.8 Å². The molecular weight excluding hydrogens is 198 g/mol. The van der Waals surface area contributed by atoms with Crippen molar-refractivity contribution in [2.45, 2.75) is 38.8 Å². The number of rotatable bonds is 7. The van der Waals surface area contributed by atoms with Gasteiger partial charge < -0.3 is 16.4 Å². The Kier molecular flexibility index (Phi) is 6.08. The summed E-state index contributed by atoms with van der Waals surface area (Å²) in [5.74, 6) is -0.983. The Morgan fingerprint density at radius 3 is 2.47 bits per heavy atom. The van der Waals surface area contributed by atoms with Crippen LogP contribution < -0.4 is 16.4 Å². The molecule has 0 saturated heterocycles. The summed E-state index contributed by atoms with van der Waals surface area (Å²) >= 11 is 0. The van der Waals surface area contributed by atoms with Gasteiger partial charge in [-0.15, -0.1) is 0 Å². The normalized spacial score (nSPS) is 13.7. The van der Waals surface area contributed by atoms with Crippen molar-refractivity contribution in [2.24, 2.45) is 5.73 Å². The molecule has 2 atom stereocenters. The summed E-state index contributed by atoms with van der Waals surface area (Å²) in [7, 11) is 0. The number of nitrogens with two attached hydrogens (primary N) is 1. The average molecular weight is 215 g/mol. The molecule has 0 spiro atoms. The molecule has 0 rings (SSSR count). The van der Waals surface area contributed by atoms with E-state index in [1.54, 1.807) is 0 Å². The highest BCUT2D eigenvalue weighted by Crippen LogP contribution is 1.96. The van der Waals surface area contributed by atoms with Gasteiger partial charge in [-0.2, -0.15) is 0 Å². The van der Waals surface area contributed by atoms with E-state index in [2.05, 4.69) is 10.6 Å². The molecule has 15 heavy (non-hydrogen) atoms. The monoisotopic (exact) mass is 215 g/mol. The largest absolute Gasteiger partial charge is 0.368 e. The molecule has 2 unspecified atom stereocenters. The molecule has 0 fully saturated rings. The van der Waals surface area contributed by atoms with Crippen LogP contribution in [0.4, 0.5) is 0 Å². The van der Waals surface area contributed by atoms with E-state index in [-0.39, 0.29) is 0 Å². The van der Waals surface area contributed by atoms with E-state index < -0.39 is 23.9 Å². The van der Waals surface area contributed by atoms with Gasteiger partial charge in [0.15, 0.2) is 0 Å². The first-order chi connectivity index (χ1) is 7.02. The minimum Gasteiger partial charge on any atom is -0.368 e. The standard InChI is InChI=1S/C9H17N3O3/c1-3-4-7(8(10)14)12-9(15)6(2)11-5-13/h5-7H,3-4H2,1-2H3,(H2,10,14)(H,11,13)(H,12,15). The second-order valence-corrected chi connectivity index (χ2v) is 3.26. The maximum absolute atomic E-state index is 11.4. The minimum absolute atomic E-state index is 0.417. The summed E-state index contributed by atoms with van der Waals surface area (Å²) in [6.45, 7) is 3.41. The summed E-state index contributed by atoms with van der Waals surface area (Å²) in [5, 5.41) is 4.75. The van der Waals surface area contributed by atoms with Gasteiger partial charge in [0, 0.05) is 0 Å². The number of amides is 3. The van der Waals surface area contributed by atoms with Gasteiger partial charge in [0.2, 0.25) is 18.2 Å². The third-order valence-corrected chi connectivity index (χ3v) is 1.95. The highest BCUT2D eigenvalue weighted by atomic mass is 16.2. The van der Waals surface area contributed by atoms with Crippen molar-refractivity contribution in [3.63, 3.8) is 0 Å². The fourth-order valence-electron chi connectivity index (χ4n) is 1.05. The van der Waals surface area contributed by atoms with Crippen molar-refractivity contribution in [3.8, 4) is 0 Å². The average Bonchev–Trinajstić information content (AvgIpc) is 2.17. The van der Waals surface area contributed by atoms with Crippen molar-refractivity contribution in [3.05, 3.63) is 0 Å². The summed E-state index contributed by atoms with van der Waals surface area (Å²) in [4.78, 5) is 32.4. The summed E-state index contributed by atoms with van der Waals surface area (Å²) < 4.78 is 0. The maximum atomic E-state index is 11.4. The van der Waals surface area contributed by atoms with Crippen LogP contribution in [0.15, 0.2) is 0 Å². The van der Waals surface area contributed by atoms with E-state index in [4.69, 9.17) is 5.73 Å². The first-order valence-electron chi connectivity index (χ1n) is 4.82. The van der Waals surface area contributed by atoms with Gasteiger partial charge in [-0.05, 0) is 13.3 Å². The Balaban J connectivity index is 4.21. The zero-order chi connectivity index (χ0) is 11.8. The van der Waals surface area contributed by atoms with E-state index in [1.807, 2.05) is 6.92 Å². The van der Waals surface area contributed by atoms with E-state index in [1.165, 1.54) is 6.92 Å². The lowest BCUT2D eigenvalue weighted by atomic mass is 10.1.